The first-order chi connectivity index (χ1) is 11.1. The summed E-state index contributed by atoms with van der Waals surface area (Å²) in [6, 6.07) is 13.8. The van der Waals surface area contributed by atoms with Gasteiger partial charge in [-0.25, -0.2) is 0 Å². The molecule has 2 unspecified atom stereocenters. The third-order valence-corrected chi connectivity index (χ3v) is 4.06. The molecule has 0 fully saturated rings. The lowest BCUT2D eigenvalue weighted by Crippen LogP contribution is -2.30. The average Bonchev–Trinajstić information content (AvgIpc) is 2.98. The van der Waals surface area contributed by atoms with Crippen molar-refractivity contribution in [2.75, 3.05) is 0 Å². The zero-order chi connectivity index (χ0) is 16.2. The Morgan fingerprint density at radius 3 is 2.65 bits per heavy atom. The largest absolute Gasteiger partial charge is 0.508 e. The number of hydrogen-bond acceptors (Lipinski definition) is 4. The molecule has 0 aliphatic heterocycles. The number of pyridine rings is 1. The monoisotopic (exact) mass is 310 g/mol. The van der Waals surface area contributed by atoms with Crippen LogP contribution >= 0.6 is 0 Å². The van der Waals surface area contributed by atoms with E-state index in [-0.39, 0.29) is 6.04 Å². The van der Waals surface area contributed by atoms with Gasteiger partial charge in [-0.1, -0.05) is 18.2 Å². The van der Waals surface area contributed by atoms with Crippen LogP contribution in [0.5, 0.6) is 5.75 Å². The summed E-state index contributed by atoms with van der Waals surface area (Å²) in [5.41, 5.74) is 2.10. The Morgan fingerprint density at radius 2 is 1.87 bits per heavy atom. The van der Waals surface area contributed by atoms with Gasteiger partial charge in [0.05, 0.1) is 6.04 Å². The molecule has 3 aromatic rings. The number of fused-ring (bicyclic) bond motifs is 1. The van der Waals surface area contributed by atoms with Crippen molar-refractivity contribution in [1.82, 2.24) is 19.9 Å². The van der Waals surface area contributed by atoms with Crippen LogP contribution in [0.2, 0.25) is 0 Å². The molecule has 0 spiro atoms. The molecule has 0 radical (unpaired) electrons. The molecule has 0 aliphatic rings. The van der Waals surface area contributed by atoms with E-state index in [0.29, 0.717) is 11.8 Å². The van der Waals surface area contributed by atoms with Crippen molar-refractivity contribution in [3.8, 4) is 5.75 Å². The quantitative estimate of drug-likeness (QED) is 0.734. The third-order valence-electron chi connectivity index (χ3n) is 4.06. The molecule has 5 nitrogen and oxygen atoms in total. The highest BCUT2D eigenvalue weighted by Crippen LogP contribution is 2.15. The molecule has 120 valence electrons. The van der Waals surface area contributed by atoms with E-state index in [2.05, 4.69) is 29.4 Å². The average molecular weight is 310 g/mol. The number of phenols is 1. The van der Waals surface area contributed by atoms with E-state index in [1.54, 1.807) is 12.1 Å². The highest BCUT2D eigenvalue weighted by atomic mass is 16.3. The normalized spacial score (nSPS) is 14.0. The Bertz CT molecular complexity index is 766. The second-order valence-corrected chi connectivity index (χ2v) is 5.98. The van der Waals surface area contributed by atoms with Gasteiger partial charge in [0.25, 0.3) is 0 Å². The van der Waals surface area contributed by atoms with Gasteiger partial charge in [-0.05, 0) is 56.5 Å². The fourth-order valence-electron chi connectivity index (χ4n) is 2.79. The summed E-state index contributed by atoms with van der Waals surface area (Å²) in [7, 11) is 0. The van der Waals surface area contributed by atoms with Gasteiger partial charge in [-0.15, -0.1) is 10.2 Å². The summed E-state index contributed by atoms with van der Waals surface area (Å²) in [6.45, 7) is 4.29. The highest BCUT2D eigenvalue weighted by Gasteiger charge is 2.15. The molecular weight excluding hydrogens is 288 g/mol. The first-order valence-electron chi connectivity index (χ1n) is 7.97. The van der Waals surface area contributed by atoms with E-state index in [9.17, 15) is 5.11 Å². The van der Waals surface area contributed by atoms with E-state index in [0.717, 1.165) is 24.3 Å². The van der Waals surface area contributed by atoms with Crippen molar-refractivity contribution in [3.05, 3.63) is 60.0 Å². The van der Waals surface area contributed by atoms with Crippen molar-refractivity contribution >= 4 is 5.65 Å². The molecule has 0 amide bonds. The van der Waals surface area contributed by atoms with E-state index >= 15 is 0 Å². The van der Waals surface area contributed by atoms with Crippen molar-refractivity contribution in [1.29, 1.82) is 0 Å². The van der Waals surface area contributed by atoms with Crippen LogP contribution in [0.15, 0.2) is 48.7 Å². The fraction of sp³-hybridized carbons (Fsp3) is 0.333. The smallest absolute Gasteiger partial charge is 0.160 e. The van der Waals surface area contributed by atoms with Gasteiger partial charge >= 0.3 is 0 Å². The minimum absolute atomic E-state index is 0.127. The lowest BCUT2D eigenvalue weighted by atomic mass is 10.1. The Labute approximate surface area is 136 Å². The number of nitrogens with one attached hydrogen (secondary N) is 1. The number of phenolic OH excluding ortho intramolecular Hbond substituents is 1. The SMILES string of the molecule is CC(CCc1ccc(O)cc1)NC(C)c1nnc2ccccn12. The third kappa shape index (κ3) is 3.68. The lowest BCUT2D eigenvalue weighted by Gasteiger charge is -2.19. The number of nitrogens with zero attached hydrogens (tertiary/aromatic N) is 3. The van der Waals surface area contributed by atoms with Crippen LogP contribution in [-0.2, 0) is 6.42 Å². The number of aromatic nitrogens is 3. The van der Waals surface area contributed by atoms with Gasteiger partial charge in [-0.3, -0.25) is 4.40 Å². The van der Waals surface area contributed by atoms with Crippen LogP contribution in [0.1, 0.15) is 37.7 Å². The highest BCUT2D eigenvalue weighted by molar-refractivity contribution is 5.37. The number of rotatable bonds is 6. The van der Waals surface area contributed by atoms with E-state index in [1.807, 2.05) is 40.9 Å². The van der Waals surface area contributed by atoms with Crippen LogP contribution < -0.4 is 5.32 Å². The van der Waals surface area contributed by atoms with Gasteiger partial charge < -0.3 is 10.4 Å². The fourth-order valence-corrected chi connectivity index (χ4v) is 2.79. The van der Waals surface area contributed by atoms with Crippen molar-refractivity contribution < 1.29 is 5.11 Å². The number of benzene rings is 1. The van der Waals surface area contributed by atoms with Gasteiger partial charge in [0, 0.05) is 12.2 Å². The molecule has 0 bridgehead atoms. The van der Waals surface area contributed by atoms with Crippen molar-refractivity contribution in [2.45, 2.75) is 38.8 Å². The van der Waals surface area contributed by atoms with Gasteiger partial charge in [-0.2, -0.15) is 0 Å². The van der Waals surface area contributed by atoms with Crippen molar-refractivity contribution in [2.24, 2.45) is 0 Å². The standard InChI is InChI=1S/C18H22N4O/c1-13(6-7-15-8-10-16(23)11-9-15)19-14(2)18-21-20-17-5-3-4-12-22(17)18/h3-5,8-14,19,23H,6-7H2,1-2H3. The molecular formula is C18H22N4O. The number of aryl methyl sites for hydroxylation is 1. The first-order valence-corrected chi connectivity index (χ1v) is 7.97. The molecule has 1 aromatic carbocycles. The Hall–Kier alpha value is -2.40. The van der Waals surface area contributed by atoms with Crippen molar-refractivity contribution in [3.63, 3.8) is 0 Å². The van der Waals surface area contributed by atoms with Gasteiger partial charge in [0.1, 0.15) is 5.75 Å². The lowest BCUT2D eigenvalue weighted by molar-refractivity contribution is 0.441. The predicted molar refractivity (Wildman–Crippen MR) is 90.4 cm³/mol. The maximum Gasteiger partial charge on any atom is 0.160 e. The van der Waals surface area contributed by atoms with Gasteiger partial charge in [0.15, 0.2) is 11.5 Å². The summed E-state index contributed by atoms with van der Waals surface area (Å²) in [6.07, 6.45) is 3.98. The van der Waals surface area contributed by atoms with Crippen LogP contribution in [0, 0.1) is 0 Å². The maximum atomic E-state index is 9.32. The van der Waals surface area contributed by atoms with Crippen LogP contribution in [-0.4, -0.2) is 25.7 Å². The topological polar surface area (TPSA) is 62.5 Å². The first kappa shape index (κ1) is 15.5. The molecule has 3 rings (SSSR count). The second-order valence-electron chi connectivity index (χ2n) is 5.98. The van der Waals surface area contributed by atoms with Gasteiger partial charge in [0.2, 0.25) is 0 Å². The van der Waals surface area contributed by atoms with E-state index in [4.69, 9.17) is 0 Å². The van der Waals surface area contributed by atoms with Crippen LogP contribution in [0.25, 0.3) is 5.65 Å². The molecule has 2 atom stereocenters. The minimum Gasteiger partial charge on any atom is -0.508 e. The molecule has 2 N–H and O–H groups in total. The molecule has 5 heteroatoms. The van der Waals surface area contributed by atoms with Crippen LogP contribution in [0.4, 0.5) is 0 Å². The second kappa shape index (κ2) is 6.79. The number of aromatic hydroxyl groups is 1. The zero-order valence-electron chi connectivity index (χ0n) is 13.5. The van der Waals surface area contributed by atoms with Crippen LogP contribution in [0.3, 0.4) is 0 Å². The number of hydrogen-bond donors (Lipinski definition) is 2. The summed E-state index contributed by atoms with van der Waals surface area (Å²) < 4.78 is 2.02. The van der Waals surface area contributed by atoms with E-state index < -0.39 is 0 Å². The van der Waals surface area contributed by atoms with E-state index in [1.165, 1.54) is 5.56 Å². The summed E-state index contributed by atoms with van der Waals surface area (Å²) in [5.74, 6) is 1.24. The molecule has 0 aliphatic carbocycles. The minimum atomic E-state index is 0.127. The maximum absolute atomic E-state index is 9.32. The summed E-state index contributed by atoms with van der Waals surface area (Å²) >= 11 is 0. The molecule has 0 saturated heterocycles. The summed E-state index contributed by atoms with van der Waals surface area (Å²) in [4.78, 5) is 0. The Balaban J connectivity index is 1.58. The molecule has 2 heterocycles. The molecule has 23 heavy (non-hydrogen) atoms. The molecule has 0 saturated carbocycles. The predicted octanol–water partition coefficient (Wildman–Crippen LogP) is 3.11. The molecule has 2 aromatic heterocycles. The zero-order valence-corrected chi connectivity index (χ0v) is 13.5. The summed E-state index contributed by atoms with van der Waals surface area (Å²) in [5, 5.41) is 21.4. The Kier molecular flexibility index (Phi) is 4.57. The Morgan fingerprint density at radius 1 is 1.09 bits per heavy atom.